The largest absolute Gasteiger partial charge is 0.350 e. The number of aliphatic imine (C=N–C) groups is 1. The number of nitrogens with zero attached hydrogens (tertiary/aromatic N) is 2. The molecule has 0 saturated carbocycles. The van der Waals surface area contributed by atoms with Crippen LogP contribution in [0.25, 0.3) is 0 Å². The van der Waals surface area contributed by atoms with Gasteiger partial charge in [-0.05, 0) is 43.7 Å². The van der Waals surface area contributed by atoms with Crippen molar-refractivity contribution in [1.29, 1.82) is 0 Å². The number of carbonyl (C=O) groups is 2. The van der Waals surface area contributed by atoms with Crippen molar-refractivity contribution < 1.29 is 22.4 Å². The molecule has 0 fully saturated rings. The van der Waals surface area contributed by atoms with Gasteiger partial charge in [-0.1, -0.05) is 24.3 Å². The minimum absolute atomic E-state index is 0.105. The molecule has 0 saturated heterocycles. The summed E-state index contributed by atoms with van der Waals surface area (Å²) in [7, 11) is -3.70. The maximum atomic E-state index is 13.0. The Bertz CT molecular complexity index is 1120. The molecule has 0 spiro atoms. The minimum atomic E-state index is -3.70. The zero-order chi connectivity index (χ0) is 22.6. The number of sulfonamides is 1. The van der Waals surface area contributed by atoms with E-state index in [1.54, 1.807) is 44.2 Å². The second-order valence-corrected chi connectivity index (χ2v) is 8.66. The lowest BCUT2D eigenvalue weighted by atomic mass is 10.2. The Morgan fingerprint density at radius 2 is 1.84 bits per heavy atom. The van der Waals surface area contributed by atoms with Gasteiger partial charge < -0.3 is 10.2 Å². The van der Waals surface area contributed by atoms with E-state index in [1.807, 2.05) is 0 Å². The molecule has 164 valence electrons. The number of hydrogen-bond donors (Lipinski definition) is 2. The number of rotatable bonds is 7. The van der Waals surface area contributed by atoms with Gasteiger partial charge in [-0.15, -0.1) is 0 Å². The summed E-state index contributed by atoms with van der Waals surface area (Å²) in [4.78, 5) is 30.8. The van der Waals surface area contributed by atoms with Gasteiger partial charge in [-0.3, -0.25) is 19.3 Å². The van der Waals surface area contributed by atoms with Gasteiger partial charge in [0.2, 0.25) is 11.8 Å². The van der Waals surface area contributed by atoms with Crippen LogP contribution in [-0.4, -0.2) is 50.1 Å². The van der Waals surface area contributed by atoms with Crippen molar-refractivity contribution in [1.82, 2.24) is 14.9 Å². The first-order valence-corrected chi connectivity index (χ1v) is 11.2. The van der Waals surface area contributed by atoms with Crippen LogP contribution in [0.5, 0.6) is 0 Å². The number of benzene rings is 2. The predicted octanol–water partition coefficient (Wildman–Crippen LogP) is 1.42. The maximum Gasteiger partial charge on any atom is 0.263 e. The molecule has 2 aromatic carbocycles. The molecule has 0 bridgehead atoms. The summed E-state index contributed by atoms with van der Waals surface area (Å²) in [5, 5.41) is 2.69. The number of hydrogen-bond acceptors (Lipinski definition) is 5. The van der Waals surface area contributed by atoms with Crippen molar-refractivity contribution in [2.45, 2.75) is 31.3 Å². The van der Waals surface area contributed by atoms with Crippen LogP contribution >= 0.6 is 0 Å². The van der Waals surface area contributed by atoms with Crippen LogP contribution in [0.3, 0.4) is 0 Å². The van der Waals surface area contributed by atoms with Crippen LogP contribution in [0.4, 0.5) is 4.39 Å². The second kappa shape index (κ2) is 9.25. The van der Waals surface area contributed by atoms with Crippen LogP contribution in [0.1, 0.15) is 25.0 Å². The number of amidine groups is 1. The van der Waals surface area contributed by atoms with Gasteiger partial charge in [0.05, 0.1) is 11.4 Å². The number of amides is 2. The fourth-order valence-corrected chi connectivity index (χ4v) is 4.36. The van der Waals surface area contributed by atoms with E-state index in [2.05, 4.69) is 15.0 Å². The summed E-state index contributed by atoms with van der Waals surface area (Å²) in [6, 6.07) is 11.2. The van der Waals surface area contributed by atoms with Crippen molar-refractivity contribution in [3.8, 4) is 0 Å². The molecule has 2 aromatic rings. The third-order valence-electron chi connectivity index (χ3n) is 4.77. The molecule has 2 amide bonds. The molecule has 1 aliphatic rings. The van der Waals surface area contributed by atoms with Gasteiger partial charge in [0.25, 0.3) is 10.0 Å². The van der Waals surface area contributed by atoms with E-state index in [4.69, 9.17) is 0 Å². The average molecular weight is 447 g/mol. The molecule has 1 atom stereocenters. The Morgan fingerprint density at radius 1 is 1.16 bits per heavy atom. The van der Waals surface area contributed by atoms with E-state index in [0.717, 1.165) is 5.56 Å². The fourth-order valence-electron chi connectivity index (χ4n) is 3.12. The molecule has 31 heavy (non-hydrogen) atoms. The summed E-state index contributed by atoms with van der Waals surface area (Å²) in [6.07, 6.45) is 0. The topological polar surface area (TPSA) is 108 Å². The SMILES string of the molecule is CCN(CC(=O)NCc1ccc(F)cc1)C(=O)[C@H](C)N=C1NS(=O)(=O)c2ccccc21. The molecule has 8 nitrogen and oxygen atoms in total. The minimum Gasteiger partial charge on any atom is -0.350 e. The number of nitrogens with one attached hydrogen (secondary N) is 2. The molecule has 3 rings (SSSR count). The Morgan fingerprint density at radius 3 is 2.52 bits per heavy atom. The van der Waals surface area contributed by atoms with E-state index >= 15 is 0 Å². The molecule has 2 N–H and O–H groups in total. The Balaban J connectivity index is 1.64. The Kier molecular flexibility index (Phi) is 6.69. The van der Waals surface area contributed by atoms with Crippen molar-refractivity contribution in [3.63, 3.8) is 0 Å². The summed E-state index contributed by atoms with van der Waals surface area (Å²) in [6.45, 7) is 3.60. The Hall–Kier alpha value is -3.27. The average Bonchev–Trinajstić information content (AvgIpc) is 3.01. The number of carbonyl (C=O) groups excluding carboxylic acids is 2. The van der Waals surface area contributed by atoms with E-state index in [1.165, 1.54) is 23.1 Å². The van der Waals surface area contributed by atoms with Crippen molar-refractivity contribution in [2.75, 3.05) is 13.1 Å². The number of halogens is 1. The summed E-state index contributed by atoms with van der Waals surface area (Å²) in [5.74, 6) is -1.03. The normalized spacial score (nSPS) is 16.3. The molecule has 1 aliphatic heterocycles. The quantitative estimate of drug-likeness (QED) is 0.671. The highest BCUT2D eigenvalue weighted by atomic mass is 32.2. The van der Waals surface area contributed by atoms with Gasteiger partial charge in [-0.25, -0.2) is 12.8 Å². The van der Waals surface area contributed by atoms with Crippen molar-refractivity contribution in [3.05, 3.63) is 65.5 Å². The van der Waals surface area contributed by atoms with E-state index in [-0.39, 0.29) is 42.1 Å². The first-order chi connectivity index (χ1) is 14.7. The molecular formula is C21H23FN4O4S. The third-order valence-corrected chi connectivity index (χ3v) is 6.17. The lowest BCUT2D eigenvalue weighted by Gasteiger charge is -2.22. The van der Waals surface area contributed by atoms with E-state index < -0.39 is 22.0 Å². The number of likely N-dealkylation sites (N-methyl/N-ethyl adjacent to an activating group) is 1. The van der Waals surface area contributed by atoms with E-state index in [0.29, 0.717) is 5.56 Å². The smallest absolute Gasteiger partial charge is 0.263 e. The van der Waals surface area contributed by atoms with E-state index in [9.17, 15) is 22.4 Å². The molecule has 10 heteroatoms. The van der Waals surface area contributed by atoms with Crippen molar-refractivity contribution in [2.24, 2.45) is 4.99 Å². The number of fused-ring (bicyclic) bond motifs is 1. The molecule has 0 radical (unpaired) electrons. The monoisotopic (exact) mass is 446 g/mol. The van der Waals surface area contributed by atoms with Crippen LogP contribution in [-0.2, 0) is 26.2 Å². The van der Waals surface area contributed by atoms with Crippen LogP contribution in [0.15, 0.2) is 58.4 Å². The zero-order valence-electron chi connectivity index (χ0n) is 17.1. The third kappa shape index (κ3) is 5.26. The van der Waals surface area contributed by atoms with Crippen molar-refractivity contribution >= 4 is 27.7 Å². The highest BCUT2D eigenvalue weighted by molar-refractivity contribution is 7.90. The summed E-state index contributed by atoms with van der Waals surface area (Å²) < 4.78 is 39.7. The van der Waals surface area contributed by atoms with Gasteiger partial charge in [-0.2, -0.15) is 0 Å². The molecule has 0 unspecified atom stereocenters. The first kappa shape index (κ1) is 22.4. The zero-order valence-corrected chi connectivity index (χ0v) is 17.9. The standard InChI is InChI=1S/C21H23FN4O4S/c1-3-26(13-19(27)23-12-15-8-10-16(22)11-9-15)21(28)14(2)24-20-17-6-4-5-7-18(17)31(29,30)25-20/h4-11,14H,3,12-13H2,1-2H3,(H,23,27)(H,24,25)/t14-/m0/s1. The summed E-state index contributed by atoms with van der Waals surface area (Å²) >= 11 is 0. The van der Waals surface area contributed by atoms with Crippen LogP contribution in [0.2, 0.25) is 0 Å². The fraction of sp³-hybridized carbons (Fsp3) is 0.286. The lowest BCUT2D eigenvalue weighted by Crippen LogP contribution is -2.44. The lowest BCUT2D eigenvalue weighted by molar-refractivity contribution is -0.136. The van der Waals surface area contributed by atoms with Gasteiger partial charge in [0.15, 0.2) is 0 Å². The van der Waals surface area contributed by atoms with Crippen LogP contribution < -0.4 is 10.0 Å². The molecular weight excluding hydrogens is 423 g/mol. The first-order valence-electron chi connectivity index (χ1n) is 9.71. The van der Waals surface area contributed by atoms with Crippen LogP contribution in [0, 0.1) is 5.82 Å². The van der Waals surface area contributed by atoms with Gasteiger partial charge >= 0.3 is 0 Å². The second-order valence-electron chi connectivity index (χ2n) is 7.01. The van der Waals surface area contributed by atoms with Gasteiger partial charge in [0, 0.05) is 18.7 Å². The Labute approximate surface area is 180 Å². The predicted molar refractivity (Wildman–Crippen MR) is 113 cm³/mol. The molecule has 0 aromatic heterocycles. The van der Waals surface area contributed by atoms with Gasteiger partial charge in [0.1, 0.15) is 17.7 Å². The highest BCUT2D eigenvalue weighted by Gasteiger charge is 2.31. The molecule has 0 aliphatic carbocycles. The summed E-state index contributed by atoms with van der Waals surface area (Å²) in [5.41, 5.74) is 1.14. The maximum absolute atomic E-state index is 13.0. The molecule has 1 heterocycles. The highest BCUT2D eigenvalue weighted by Crippen LogP contribution is 2.22.